The van der Waals surface area contributed by atoms with Gasteiger partial charge in [-0.1, -0.05) is 18.2 Å². The van der Waals surface area contributed by atoms with Gasteiger partial charge in [-0.25, -0.2) is 0 Å². The first-order valence-corrected chi connectivity index (χ1v) is 6.98. The van der Waals surface area contributed by atoms with Crippen molar-refractivity contribution in [3.8, 4) is 0 Å². The number of rotatable bonds is 5. The largest absolute Gasteiger partial charge is 0.346 e. The van der Waals surface area contributed by atoms with E-state index >= 15 is 0 Å². The van der Waals surface area contributed by atoms with Crippen LogP contribution < -0.4 is 5.32 Å². The highest BCUT2D eigenvalue weighted by atomic mass is 15.3. The fraction of sp³-hybridized carbons (Fsp3) is 0.312. The van der Waals surface area contributed by atoms with Crippen molar-refractivity contribution in [3.63, 3.8) is 0 Å². The molecule has 1 N–H and O–H groups in total. The fourth-order valence-corrected chi connectivity index (χ4v) is 2.72. The van der Waals surface area contributed by atoms with Gasteiger partial charge in [-0.2, -0.15) is 5.10 Å². The molecule has 0 spiro atoms. The minimum absolute atomic E-state index is 0.887. The maximum Gasteiger partial charge on any atom is 0.0534 e. The number of fused-ring (bicyclic) bond motifs is 1. The number of benzene rings is 1. The molecular formula is C16H20N4. The van der Waals surface area contributed by atoms with Crippen LogP contribution in [-0.2, 0) is 20.1 Å². The van der Waals surface area contributed by atoms with Crippen molar-refractivity contribution in [1.29, 1.82) is 0 Å². The normalized spacial score (nSPS) is 11.3. The Morgan fingerprint density at radius 1 is 1.20 bits per heavy atom. The minimum Gasteiger partial charge on any atom is -0.346 e. The summed E-state index contributed by atoms with van der Waals surface area (Å²) in [6, 6.07) is 10.5. The molecule has 0 fully saturated rings. The van der Waals surface area contributed by atoms with Gasteiger partial charge in [-0.15, -0.1) is 0 Å². The Balaban J connectivity index is 1.68. The lowest BCUT2D eigenvalue weighted by Crippen LogP contribution is -2.21. The van der Waals surface area contributed by atoms with Crippen LogP contribution in [0.5, 0.6) is 0 Å². The SMILES string of the molecule is Cc1c(CNCCn2cccn2)n(C)c2ccccc12. The molecular weight excluding hydrogens is 248 g/mol. The Kier molecular flexibility index (Phi) is 3.56. The van der Waals surface area contributed by atoms with Gasteiger partial charge in [0.1, 0.15) is 0 Å². The Hall–Kier alpha value is -2.07. The van der Waals surface area contributed by atoms with Gasteiger partial charge in [0, 0.05) is 49.1 Å². The quantitative estimate of drug-likeness (QED) is 0.721. The predicted molar refractivity (Wildman–Crippen MR) is 81.6 cm³/mol. The van der Waals surface area contributed by atoms with Crippen LogP contribution in [0.15, 0.2) is 42.7 Å². The molecule has 0 amide bonds. The first-order valence-electron chi connectivity index (χ1n) is 6.98. The van der Waals surface area contributed by atoms with Gasteiger partial charge < -0.3 is 9.88 Å². The van der Waals surface area contributed by atoms with E-state index in [4.69, 9.17) is 0 Å². The second kappa shape index (κ2) is 5.51. The molecule has 0 saturated carbocycles. The number of para-hydroxylation sites is 1. The second-order valence-electron chi connectivity index (χ2n) is 5.09. The average molecular weight is 268 g/mol. The van der Waals surface area contributed by atoms with Crippen molar-refractivity contribution < 1.29 is 0 Å². The maximum atomic E-state index is 4.20. The third-order valence-corrected chi connectivity index (χ3v) is 3.88. The summed E-state index contributed by atoms with van der Waals surface area (Å²) in [5, 5.41) is 9.05. The molecule has 0 radical (unpaired) electrons. The molecule has 0 aliphatic rings. The molecule has 1 aromatic carbocycles. The van der Waals surface area contributed by atoms with Crippen molar-refractivity contribution in [2.75, 3.05) is 6.54 Å². The molecule has 3 rings (SSSR count). The number of hydrogen-bond acceptors (Lipinski definition) is 2. The van der Waals surface area contributed by atoms with E-state index in [0.29, 0.717) is 0 Å². The Bertz CT molecular complexity index is 656. The van der Waals surface area contributed by atoms with Crippen LogP contribution in [-0.4, -0.2) is 20.9 Å². The minimum atomic E-state index is 0.887. The smallest absolute Gasteiger partial charge is 0.0534 e. The van der Waals surface area contributed by atoms with Gasteiger partial charge in [0.15, 0.2) is 0 Å². The number of nitrogens with zero attached hydrogens (tertiary/aromatic N) is 3. The molecule has 2 heterocycles. The summed E-state index contributed by atoms with van der Waals surface area (Å²) in [5.74, 6) is 0. The van der Waals surface area contributed by atoms with Crippen molar-refractivity contribution >= 4 is 10.9 Å². The molecule has 0 atom stereocenters. The Morgan fingerprint density at radius 3 is 2.80 bits per heavy atom. The van der Waals surface area contributed by atoms with Crippen LogP contribution in [0.4, 0.5) is 0 Å². The zero-order chi connectivity index (χ0) is 13.9. The number of nitrogens with one attached hydrogen (secondary N) is 1. The molecule has 0 unspecified atom stereocenters. The van der Waals surface area contributed by atoms with E-state index in [1.54, 1.807) is 0 Å². The van der Waals surface area contributed by atoms with Crippen LogP contribution in [0, 0.1) is 6.92 Å². The van der Waals surface area contributed by atoms with E-state index in [-0.39, 0.29) is 0 Å². The molecule has 20 heavy (non-hydrogen) atoms. The first-order chi connectivity index (χ1) is 9.77. The predicted octanol–water partition coefficient (Wildman–Crippen LogP) is 2.47. The zero-order valence-corrected chi connectivity index (χ0v) is 12.0. The van der Waals surface area contributed by atoms with Gasteiger partial charge in [0.2, 0.25) is 0 Å². The third kappa shape index (κ3) is 2.34. The molecule has 4 heteroatoms. The van der Waals surface area contributed by atoms with Crippen LogP contribution in [0.2, 0.25) is 0 Å². The molecule has 0 saturated heterocycles. The van der Waals surface area contributed by atoms with Gasteiger partial charge in [-0.05, 0) is 24.6 Å². The molecule has 0 aliphatic heterocycles. The van der Waals surface area contributed by atoms with Crippen molar-refractivity contribution in [3.05, 3.63) is 54.0 Å². The lowest BCUT2D eigenvalue weighted by Gasteiger charge is -2.08. The zero-order valence-electron chi connectivity index (χ0n) is 12.0. The molecule has 0 bridgehead atoms. The number of aryl methyl sites for hydroxylation is 2. The summed E-state index contributed by atoms with van der Waals surface area (Å²) in [4.78, 5) is 0. The highest BCUT2D eigenvalue weighted by Crippen LogP contribution is 2.24. The van der Waals surface area contributed by atoms with Crippen LogP contribution in [0.1, 0.15) is 11.3 Å². The fourth-order valence-electron chi connectivity index (χ4n) is 2.72. The Labute approximate surface area is 119 Å². The van der Waals surface area contributed by atoms with Crippen molar-refractivity contribution in [1.82, 2.24) is 19.7 Å². The van der Waals surface area contributed by atoms with E-state index in [1.807, 2.05) is 23.1 Å². The number of aromatic nitrogens is 3. The van der Waals surface area contributed by atoms with Crippen molar-refractivity contribution in [2.45, 2.75) is 20.0 Å². The summed E-state index contributed by atoms with van der Waals surface area (Å²) in [5.41, 5.74) is 4.02. The van der Waals surface area contributed by atoms with Crippen LogP contribution in [0.25, 0.3) is 10.9 Å². The second-order valence-corrected chi connectivity index (χ2v) is 5.09. The highest BCUT2D eigenvalue weighted by molar-refractivity contribution is 5.85. The van der Waals surface area contributed by atoms with Crippen molar-refractivity contribution in [2.24, 2.45) is 7.05 Å². The van der Waals surface area contributed by atoms with Gasteiger partial charge >= 0.3 is 0 Å². The highest BCUT2D eigenvalue weighted by Gasteiger charge is 2.10. The summed E-state index contributed by atoms with van der Waals surface area (Å²) in [7, 11) is 2.14. The van der Waals surface area contributed by atoms with Gasteiger partial charge in [-0.3, -0.25) is 4.68 Å². The molecule has 4 nitrogen and oxygen atoms in total. The maximum absolute atomic E-state index is 4.20. The van der Waals surface area contributed by atoms with Crippen LogP contribution in [0.3, 0.4) is 0 Å². The Morgan fingerprint density at radius 2 is 2.05 bits per heavy atom. The lowest BCUT2D eigenvalue weighted by atomic mass is 10.1. The van der Waals surface area contributed by atoms with E-state index in [2.05, 4.69) is 53.2 Å². The summed E-state index contributed by atoms with van der Waals surface area (Å²) in [6.07, 6.45) is 3.80. The van der Waals surface area contributed by atoms with E-state index in [1.165, 1.54) is 22.2 Å². The van der Waals surface area contributed by atoms with Gasteiger partial charge in [0.05, 0.1) is 6.54 Å². The number of hydrogen-bond donors (Lipinski definition) is 1. The van der Waals surface area contributed by atoms with E-state index in [0.717, 1.165) is 19.6 Å². The lowest BCUT2D eigenvalue weighted by molar-refractivity contribution is 0.547. The van der Waals surface area contributed by atoms with Gasteiger partial charge in [0.25, 0.3) is 0 Å². The molecule has 2 aromatic heterocycles. The summed E-state index contributed by atoms with van der Waals surface area (Å²) in [6.45, 7) is 4.91. The standard InChI is InChI=1S/C16H20N4/c1-13-14-6-3-4-7-15(14)19(2)16(13)12-17-9-11-20-10-5-8-18-20/h3-8,10,17H,9,11-12H2,1-2H3. The topological polar surface area (TPSA) is 34.8 Å². The average Bonchev–Trinajstić information content (AvgIpc) is 3.06. The summed E-state index contributed by atoms with van der Waals surface area (Å²) < 4.78 is 4.23. The molecule has 3 aromatic rings. The first kappa shape index (κ1) is 12.9. The monoisotopic (exact) mass is 268 g/mol. The molecule has 104 valence electrons. The van der Waals surface area contributed by atoms with E-state index < -0.39 is 0 Å². The summed E-state index contributed by atoms with van der Waals surface area (Å²) >= 11 is 0. The third-order valence-electron chi connectivity index (χ3n) is 3.88. The van der Waals surface area contributed by atoms with Crippen LogP contribution >= 0.6 is 0 Å². The van der Waals surface area contributed by atoms with E-state index in [9.17, 15) is 0 Å². The molecule has 0 aliphatic carbocycles.